The summed E-state index contributed by atoms with van der Waals surface area (Å²) >= 11 is 0. The van der Waals surface area contributed by atoms with Crippen molar-refractivity contribution in [2.45, 2.75) is 6.18 Å². The number of hydrogen-bond acceptors (Lipinski definition) is 2. The van der Waals surface area contributed by atoms with Crippen LogP contribution < -0.4 is 5.73 Å². The Kier molecular flexibility index (Phi) is 3.13. The molecule has 0 saturated heterocycles. The summed E-state index contributed by atoms with van der Waals surface area (Å²) < 4.78 is 63.8. The standard InChI is InChI=1S/C12H7F5N2/c13-8-3-1-2-7(10(8)14)11-9(18)4-6(5-19-11)12(15,16)17/h1-5H,18H2. The maximum atomic E-state index is 13.5. The van der Waals surface area contributed by atoms with Gasteiger partial charge in [0.15, 0.2) is 11.6 Å². The zero-order valence-electron chi connectivity index (χ0n) is 9.30. The number of nitrogens with zero attached hydrogens (tertiary/aromatic N) is 1. The van der Waals surface area contributed by atoms with E-state index in [1.54, 1.807) is 0 Å². The Morgan fingerprint density at radius 3 is 2.37 bits per heavy atom. The van der Waals surface area contributed by atoms with Crippen LogP contribution in [-0.2, 0) is 6.18 Å². The van der Waals surface area contributed by atoms with Gasteiger partial charge < -0.3 is 5.73 Å². The summed E-state index contributed by atoms with van der Waals surface area (Å²) in [5.41, 5.74) is 3.47. The fraction of sp³-hybridized carbons (Fsp3) is 0.0833. The minimum atomic E-state index is -4.60. The highest BCUT2D eigenvalue weighted by Crippen LogP contribution is 2.33. The normalized spacial score (nSPS) is 11.6. The van der Waals surface area contributed by atoms with Crippen LogP contribution in [-0.4, -0.2) is 4.98 Å². The number of hydrogen-bond donors (Lipinski definition) is 1. The molecule has 0 atom stereocenters. The van der Waals surface area contributed by atoms with Crippen molar-refractivity contribution in [3.8, 4) is 11.3 Å². The van der Waals surface area contributed by atoms with Gasteiger partial charge >= 0.3 is 6.18 Å². The molecule has 0 aliphatic heterocycles. The van der Waals surface area contributed by atoms with Crippen LogP contribution >= 0.6 is 0 Å². The third-order valence-electron chi connectivity index (χ3n) is 2.45. The SMILES string of the molecule is Nc1cc(C(F)(F)F)cnc1-c1cccc(F)c1F. The molecule has 1 aromatic carbocycles. The molecule has 0 aliphatic carbocycles. The molecule has 0 fully saturated rings. The van der Waals surface area contributed by atoms with Crippen molar-refractivity contribution >= 4 is 5.69 Å². The predicted molar refractivity (Wildman–Crippen MR) is 59.0 cm³/mol. The third kappa shape index (κ3) is 2.49. The number of rotatable bonds is 1. The second-order valence-corrected chi connectivity index (χ2v) is 3.76. The molecule has 1 aromatic heterocycles. The second-order valence-electron chi connectivity index (χ2n) is 3.76. The first-order valence-corrected chi connectivity index (χ1v) is 5.08. The van der Waals surface area contributed by atoms with Crippen LogP contribution in [0.25, 0.3) is 11.3 Å². The molecule has 100 valence electrons. The molecule has 0 amide bonds. The van der Waals surface area contributed by atoms with Gasteiger partial charge in [-0.1, -0.05) is 6.07 Å². The van der Waals surface area contributed by atoms with E-state index in [1.165, 1.54) is 12.1 Å². The van der Waals surface area contributed by atoms with Crippen LogP contribution in [0.4, 0.5) is 27.6 Å². The molecule has 2 nitrogen and oxygen atoms in total. The Bertz CT molecular complexity index is 622. The first-order valence-electron chi connectivity index (χ1n) is 5.08. The van der Waals surface area contributed by atoms with Crippen molar-refractivity contribution < 1.29 is 22.0 Å². The zero-order chi connectivity index (χ0) is 14.2. The molecule has 2 N–H and O–H groups in total. The lowest BCUT2D eigenvalue weighted by Gasteiger charge is -2.10. The molecule has 0 aliphatic rings. The Morgan fingerprint density at radius 1 is 1.11 bits per heavy atom. The molecular formula is C12H7F5N2. The minimum absolute atomic E-state index is 0.231. The highest BCUT2D eigenvalue weighted by Gasteiger charge is 2.31. The molecular weight excluding hydrogens is 267 g/mol. The molecule has 7 heteroatoms. The highest BCUT2D eigenvalue weighted by molar-refractivity contribution is 5.73. The quantitative estimate of drug-likeness (QED) is 0.806. The van der Waals surface area contributed by atoms with E-state index in [4.69, 9.17) is 5.73 Å². The van der Waals surface area contributed by atoms with Gasteiger partial charge in [-0.25, -0.2) is 8.78 Å². The summed E-state index contributed by atoms with van der Waals surface area (Å²) in [5, 5.41) is 0. The lowest BCUT2D eigenvalue weighted by molar-refractivity contribution is -0.137. The third-order valence-corrected chi connectivity index (χ3v) is 2.45. The van der Waals surface area contributed by atoms with Crippen LogP contribution in [0.1, 0.15) is 5.56 Å². The number of alkyl halides is 3. The van der Waals surface area contributed by atoms with Gasteiger partial charge in [0.1, 0.15) is 0 Å². The van der Waals surface area contributed by atoms with Gasteiger partial charge in [-0.3, -0.25) is 4.98 Å². The van der Waals surface area contributed by atoms with Crippen molar-refractivity contribution in [1.82, 2.24) is 4.98 Å². The molecule has 0 spiro atoms. The minimum Gasteiger partial charge on any atom is -0.397 e. The Labute approximate surface area is 104 Å². The Morgan fingerprint density at radius 2 is 1.79 bits per heavy atom. The molecule has 0 unspecified atom stereocenters. The number of nitrogen functional groups attached to an aromatic ring is 1. The largest absolute Gasteiger partial charge is 0.417 e. The summed E-state index contributed by atoms with van der Waals surface area (Å²) in [6.07, 6.45) is -4.07. The molecule has 2 rings (SSSR count). The van der Waals surface area contributed by atoms with E-state index in [0.29, 0.717) is 12.3 Å². The summed E-state index contributed by atoms with van der Waals surface area (Å²) in [6, 6.07) is 3.92. The van der Waals surface area contributed by atoms with Gasteiger partial charge in [-0.2, -0.15) is 13.2 Å². The van der Waals surface area contributed by atoms with E-state index < -0.39 is 23.4 Å². The van der Waals surface area contributed by atoms with Crippen LogP contribution in [0.5, 0.6) is 0 Å². The van der Waals surface area contributed by atoms with Gasteiger partial charge in [0.05, 0.1) is 16.9 Å². The van der Waals surface area contributed by atoms with Crippen molar-refractivity contribution in [1.29, 1.82) is 0 Å². The number of pyridine rings is 1. The molecule has 0 radical (unpaired) electrons. The summed E-state index contributed by atoms with van der Waals surface area (Å²) in [5.74, 6) is -2.33. The average Bonchev–Trinajstić information content (AvgIpc) is 2.32. The van der Waals surface area contributed by atoms with E-state index in [1.807, 2.05) is 0 Å². The van der Waals surface area contributed by atoms with Crippen LogP contribution in [0, 0.1) is 11.6 Å². The number of benzene rings is 1. The van der Waals surface area contributed by atoms with E-state index in [-0.39, 0.29) is 16.9 Å². The zero-order valence-corrected chi connectivity index (χ0v) is 9.30. The number of halogens is 5. The Balaban J connectivity index is 2.56. The topological polar surface area (TPSA) is 38.9 Å². The lowest BCUT2D eigenvalue weighted by atomic mass is 10.1. The summed E-state index contributed by atoms with van der Waals surface area (Å²) in [4.78, 5) is 3.47. The predicted octanol–water partition coefficient (Wildman–Crippen LogP) is 3.63. The number of aromatic nitrogens is 1. The number of nitrogens with two attached hydrogens (primary N) is 1. The summed E-state index contributed by atoms with van der Waals surface area (Å²) in [7, 11) is 0. The maximum absolute atomic E-state index is 13.5. The highest BCUT2D eigenvalue weighted by atomic mass is 19.4. The van der Waals surface area contributed by atoms with Gasteiger partial charge in [-0.05, 0) is 18.2 Å². The number of anilines is 1. The fourth-order valence-corrected chi connectivity index (χ4v) is 1.55. The fourth-order valence-electron chi connectivity index (χ4n) is 1.55. The second kappa shape index (κ2) is 4.49. The van der Waals surface area contributed by atoms with E-state index in [0.717, 1.165) is 6.07 Å². The maximum Gasteiger partial charge on any atom is 0.417 e. The van der Waals surface area contributed by atoms with Gasteiger partial charge in [0, 0.05) is 11.8 Å². The van der Waals surface area contributed by atoms with E-state index >= 15 is 0 Å². The molecule has 19 heavy (non-hydrogen) atoms. The van der Waals surface area contributed by atoms with Crippen molar-refractivity contribution in [3.05, 3.63) is 47.7 Å². The van der Waals surface area contributed by atoms with Gasteiger partial charge in [0.25, 0.3) is 0 Å². The molecule has 0 saturated carbocycles. The van der Waals surface area contributed by atoms with Crippen molar-refractivity contribution in [2.24, 2.45) is 0 Å². The smallest absolute Gasteiger partial charge is 0.397 e. The molecule has 1 heterocycles. The first kappa shape index (κ1) is 13.3. The van der Waals surface area contributed by atoms with Crippen LogP contribution in [0.2, 0.25) is 0 Å². The molecule has 0 bridgehead atoms. The monoisotopic (exact) mass is 274 g/mol. The first-order chi connectivity index (χ1) is 8.80. The Hall–Kier alpha value is -2.18. The van der Waals surface area contributed by atoms with Gasteiger partial charge in [0.2, 0.25) is 0 Å². The van der Waals surface area contributed by atoms with Gasteiger partial charge in [-0.15, -0.1) is 0 Å². The van der Waals surface area contributed by atoms with E-state index in [9.17, 15) is 22.0 Å². The van der Waals surface area contributed by atoms with E-state index in [2.05, 4.69) is 4.98 Å². The van der Waals surface area contributed by atoms with Crippen LogP contribution in [0.15, 0.2) is 30.5 Å². The van der Waals surface area contributed by atoms with Crippen molar-refractivity contribution in [3.63, 3.8) is 0 Å². The average molecular weight is 274 g/mol. The van der Waals surface area contributed by atoms with Crippen LogP contribution in [0.3, 0.4) is 0 Å². The summed E-state index contributed by atoms with van der Waals surface area (Å²) in [6.45, 7) is 0. The molecule has 2 aromatic rings. The lowest BCUT2D eigenvalue weighted by Crippen LogP contribution is -2.07. The van der Waals surface area contributed by atoms with Crippen molar-refractivity contribution in [2.75, 3.05) is 5.73 Å².